The Morgan fingerprint density at radius 3 is 2.42 bits per heavy atom. The second-order valence-corrected chi connectivity index (χ2v) is 9.04. The van der Waals surface area contributed by atoms with Crippen LogP contribution in [0.2, 0.25) is 0 Å². The maximum Gasteiger partial charge on any atom is 0.234 e. The van der Waals surface area contributed by atoms with Crippen LogP contribution in [-0.4, -0.2) is 31.2 Å². The molecule has 1 saturated heterocycles. The molecule has 1 amide bonds. The first kappa shape index (κ1) is 17.0. The van der Waals surface area contributed by atoms with Gasteiger partial charge in [-0.3, -0.25) is 4.79 Å². The zero-order chi connectivity index (χ0) is 17.3. The van der Waals surface area contributed by atoms with Crippen LogP contribution in [0.5, 0.6) is 0 Å². The fraction of sp³-hybridized carbons (Fsp3) is 0.278. The summed E-state index contributed by atoms with van der Waals surface area (Å²) in [5, 5.41) is 0.00767. The molecule has 2 aromatic carbocycles. The zero-order valence-corrected chi connectivity index (χ0v) is 15.2. The third-order valence-electron chi connectivity index (χ3n) is 4.13. The molecule has 1 fully saturated rings. The Bertz CT molecular complexity index is 860. The van der Waals surface area contributed by atoms with E-state index in [-0.39, 0.29) is 11.3 Å². The molecule has 1 atom stereocenters. The van der Waals surface area contributed by atoms with Gasteiger partial charge in [0.15, 0.2) is 9.84 Å². The van der Waals surface area contributed by atoms with Gasteiger partial charge < -0.3 is 4.90 Å². The number of aryl methyl sites for hydroxylation is 1. The molecule has 0 spiro atoms. The summed E-state index contributed by atoms with van der Waals surface area (Å²) in [4.78, 5) is 14.5. The maximum absolute atomic E-state index is 12.3. The molecule has 4 nitrogen and oxygen atoms in total. The van der Waals surface area contributed by atoms with Crippen LogP contribution in [0.25, 0.3) is 0 Å². The zero-order valence-electron chi connectivity index (χ0n) is 13.6. The molecule has 1 aliphatic heterocycles. The van der Waals surface area contributed by atoms with Gasteiger partial charge in [0.1, 0.15) is 5.37 Å². The lowest BCUT2D eigenvalue weighted by atomic mass is 10.1. The fourth-order valence-electron chi connectivity index (χ4n) is 2.79. The number of hydrogen-bond acceptors (Lipinski definition) is 4. The molecule has 0 bridgehead atoms. The highest BCUT2D eigenvalue weighted by molar-refractivity contribution is 8.00. The monoisotopic (exact) mass is 361 g/mol. The summed E-state index contributed by atoms with van der Waals surface area (Å²) in [6.45, 7) is 2.53. The van der Waals surface area contributed by atoms with Gasteiger partial charge in [-0.05, 0) is 35.7 Å². The first-order valence-corrected chi connectivity index (χ1v) is 10.6. The Balaban J connectivity index is 1.84. The summed E-state index contributed by atoms with van der Waals surface area (Å²) in [5.74, 6) is 0.584. The van der Waals surface area contributed by atoms with E-state index < -0.39 is 9.84 Å². The minimum absolute atomic E-state index is 0.00767. The van der Waals surface area contributed by atoms with Crippen molar-refractivity contribution in [3.8, 4) is 0 Å². The minimum Gasteiger partial charge on any atom is -0.321 e. The average molecular weight is 361 g/mol. The molecular formula is C18H19NO3S2. The average Bonchev–Trinajstić information content (AvgIpc) is 2.89. The number of carbonyl (C=O) groups excluding carboxylic acids is 1. The molecule has 24 heavy (non-hydrogen) atoms. The van der Waals surface area contributed by atoms with Crippen LogP contribution < -0.4 is 0 Å². The quantitative estimate of drug-likeness (QED) is 0.839. The Labute approximate surface area is 146 Å². The van der Waals surface area contributed by atoms with E-state index in [9.17, 15) is 13.2 Å². The third-order valence-corrected chi connectivity index (χ3v) is 6.49. The van der Waals surface area contributed by atoms with Gasteiger partial charge in [-0.25, -0.2) is 8.42 Å². The smallest absolute Gasteiger partial charge is 0.234 e. The molecule has 3 rings (SSSR count). The lowest BCUT2D eigenvalue weighted by Crippen LogP contribution is -2.28. The van der Waals surface area contributed by atoms with Gasteiger partial charge in [0.2, 0.25) is 5.91 Å². The highest BCUT2D eigenvalue weighted by atomic mass is 32.2. The number of nitrogens with zero attached hydrogens (tertiary/aromatic N) is 1. The van der Waals surface area contributed by atoms with Gasteiger partial charge in [0.05, 0.1) is 10.6 Å². The number of amides is 1. The number of sulfone groups is 1. The summed E-state index contributed by atoms with van der Waals surface area (Å²) in [7, 11) is -3.20. The standard InChI is InChI=1S/C18H19NO3S2/c1-13-5-3-4-6-16(13)18-19(17(20)12-23-18)11-14-7-9-15(10-8-14)24(2,21)22/h3-10,18H,11-12H2,1-2H3. The molecule has 1 aliphatic rings. The van der Waals surface area contributed by atoms with Crippen LogP contribution in [0.4, 0.5) is 0 Å². The number of rotatable bonds is 4. The van der Waals surface area contributed by atoms with Crippen molar-refractivity contribution in [1.82, 2.24) is 4.90 Å². The van der Waals surface area contributed by atoms with E-state index in [1.54, 1.807) is 36.0 Å². The highest BCUT2D eigenvalue weighted by Crippen LogP contribution is 2.40. The van der Waals surface area contributed by atoms with E-state index in [1.807, 2.05) is 17.0 Å². The Morgan fingerprint density at radius 2 is 1.79 bits per heavy atom. The normalized spacial score (nSPS) is 18.2. The maximum atomic E-state index is 12.3. The van der Waals surface area contributed by atoms with Crippen molar-refractivity contribution in [2.75, 3.05) is 12.0 Å². The van der Waals surface area contributed by atoms with E-state index in [0.717, 1.165) is 11.1 Å². The number of carbonyl (C=O) groups is 1. The molecule has 0 aliphatic carbocycles. The molecule has 0 aromatic heterocycles. The predicted molar refractivity (Wildman–Crippen MR) is 96.5 cm³/mol. The van der Waals surface area contributed by atoms with Crippen LogP contribution >= 0.6 is 11.8 Å². The van der Waals surface area contributed by atoms with Gasteiger partial charge in [-0.1, -0.05) is 36.4 Å². The van der Waals surface area contributed by atoms with Crippen LogP contribution in [0.3, 0.4) is 0 Å². The van der Waals surface area contributed by atoms with Crippen molar-refractivity contribution in [2.24, 2.45) is 0 Å². The van der Waals surface area contributed by atoms with Gasteiger partial charge in [0.25, 0.3) is 0 Å². The van der Waals surface area contributed by atoms with E-state index in [1.165, 1.54) is 11.8 Å². The molecule has 6 heteroatoms. The molecule has 0 radical (unpaired) electrons. The topological polar surface area (TPSA) is 54.5 Å². The fourth-order valence-corrected chi connectivity index (χ4v) is 4.70. The van der Waals surface area contributed by atoms with E-state index in [0.29, 0.717) is 17.2 Å². The third kappa shape index (κ3) is 3.49. The second kappa shape index (κ2) is 6.61. The summed E-state index contributed by atoms with van der Waals surface area (Å²) < 4.78 is 23.1. The van der Waals surface area contributed by atoms with Crippen molar-refractivity contribution >= 4 is 27.5 Å². The van der Waals surface area contributed by atoms with Crippen LogP contribution in [0.1, 0.15) is 22.1 Å². The van der Waals surface area contributed by atoms with Gasteiger partial charge in [0, 0.05) is 12.8 Å². The van der Waals surface area contributed by atoms with Gasteiger partial charge >= 0.3 is 0 Å². The number of thioether (sulfide) groups is 1. The lowest BCUT2D eigenvalue weighted by molar-refractivity contribution is -0.128. The molecule has 0 N–H and O–H groups in total. The molecule has 1 unspecified atom stereocenters. The first-order chi connectivity index (χ1) is 11.4. The molecular weight excluding hydrogens is 342 g/mol. The minimum atomic E-state index is -3.20. The van der Waals surface area contributed by atoms with Crippen molar-refractivity contribution in [2.45, 2.75) is 23.7 Å². The van der Waals surface area contributed by atoms with Gasteiger partial charge in [-0.2, -0.15) is 0 Å². The first-order valence-electron chi connectivity index (χ1n) is 7.62. The molecule has 0 saturated carbocycles. The van der Waals surface area contributed by atoms with Crippen LogP contribution in [0, 0.1) is 6.92 Å². The summed E-state index contributed by atoms with van der Waals surface area (Å²) >= 11 is 1.63. The SMILES string of the molecule is Cc1ccccc1C1SCC(=O)N1Cc1ccc(S(C)(=O)=O)cc1. The lowest BCUT2D eigenvalue weighted by Gasteiger charge is -2.25. The van der Waals surface area contributed by atoms with E-state index >= 15 is 0 Å². The molecule has 2 aromatic rings. The van der Waals surface area contributed by atoms with Crippen LogP contribution in [0.15, 0.2) is 53.4 Å². The Hall–Kier alpha value is -1.79. The summed E-state index contributed by atoms with van der Waals surface area (Å²) in [6, 6.07) is 14.9. The second-order valence-electron chi connectivity index (χ2n) is 5.96. The predicted octanol–water partition coefficient (Wildman–Crippen LogP) is 3.17. The van der Waals surface area contributed by atoms with Crippen molar-refractivity contribution in [3.63, 3.8) is 0 Å². The van der Waals surface area contributed by atoms with Gasteiger partial charge in [-0.15, -0.1) is 11.8 Å². The molecule has 1 heterocycles. The Morgan fingerprint density at radius 1 is 1.12 bits per heavy atom. The number of benzene rings is 2. The van der Waals surface area contributed by atoms with Crippen molar-refractivity contribution in [1.29, 1.82) is 0 Å². The number of hydrogen-bond donors (Lipinski definition) is 0. The largest absolute Gasteiger partial charge is 0.321 e. The van der Waals surface area contributed by atoms with Crippen molar-refractivity contribution < 1.29 is 13.2 Å². The van der Waals surface area contributed by atoms with E-state index in [2.05, 4.69) is 19.1 Å². The van der Waals surface area contributed by atoms with Crippen molar-refractivity contribution in [3.05, 3.63) is 65.2 Å². The highest BCUT2D eigenvalue weighted by Gasteiger charge is 2.33. The summed E-state index contributed by atoms with van der Waals surface area (Å²) in [5.41, 5.74) is 3.25. The van der Waals surface area contributed by atoms with Crippen LogP contribution in [-0.2, 0) is 21.2 Å². The van der Waals surface area contributed by atoms with E-state index in [4.69, 9.17) is 0 Å². The molecule has 126 valence electrons. The Kier molecular flexibility index (Phi) is 4.69. The summed E-state index contributed by atoms with van der Waals surface area (Å²) in [6.07, 6.45) is 1.19.